The topological polar surface area (TPSA) is 38.7 Å². The number of ether oxygens (including phenoxy) is 1. The largest absolute Gasteiger partial charge is 0.452 e. The van der Waals surface area contributed by atoms with E-state index in [0.29, 0.717) is 11.3 Å². The van der Waals surface area contributed by atoms with E-state index in [1.807, 2.05) is 6.92 Å². The molecule has 0 amide bonds. The van der Waals surface area contributed by atoms with Crippen LogP contribution in [0.1, 0.15) is 33.6 Å². The Bertz CT molecular complexity index is 372. The molecule has 3 nitrogen and oxygen atoms in total. The van der Waals surface area contributed by atoms with Crippen molar-refractivity contribution < 1.29 is 9.53 Å². The predicted octanol–water partition coefficient (Wildman–Crippen LogP) is 1.81. The fourth-order valence-corrected chi connectivity index (χ4v) is 3.71. The summed E-state index contributed by atoms with van der Waals surface area (Å²) in [5, 5.41) is 0. The van der Waals surface area contributed by atoms with Crippen LogP contribution in [-0.2, 0) is 9.53 Å². The highest BCUT2D eigenvalue weighted by Gasteiger charge is 2.64. The van der Waals surface area contributed by atoms with Crippen LogP contribution in [0.15, 0.2) is 4.99 Å². The van der Waals surface area contributed by atoms with Crippen molar-refractivity contribution in [3.8, 4) is 0 Å². The van der Waals surface area contributed by atoms with Crippen LogP contribution in [0.5, 0.6) is 0 Å². The molecule has 2 bridgehead atoms. The van der Waals surface area contributed by atoms with Gasteiger partial charge in [-0.25, -0.2) is 0 Å². The third-order valence-corrected chi connectivity index (χ3v) is 4.87. The van der Waals surface area contributed by atoms with E-state index in [1.54, 1.807) is 0 Å². The summed E-state index contributed by atoms with van der Waals surface area (Å²) in [6.07, 6.45) is 2.21. The van der Waals surface area contributed by atoms with Crippen LogP contribution < -0.4 is 0 Å². The highest BCUT2D eigenvalue weighted by molar-refractivity contribution is 5.99. The molecule has 3 saturated carbocycles. The van der Waals surface area contributed by atoms with E-state index >= 15 is 0 Å². The first-order valence-corrected chi connectivity index (χ1v) is 5.70. The summed E-state index contributed by atoms with van der Waals surface area (Å²) < 4.78 is 5.59. The maximum absolute atomic E-state index is 11.4. The molecule has 0 aromatic heterocycles. The van der Waals surface area contributed by atoms with Gasteiger partial charge in [0.1, 0.15) is 6.54 Å². The van der Waals surface area contributed by atoms with Gasteiger partial charge in [-0.05, 0) is 31.1 Å². The van der Waals surface area contributed by atoms with Gasteiger partial charge in [0.2, 0.25) is 0 Å². The summed E-state index contributed by atoms with van der Waals surface area (Å²) in [6.45, 7) is 6.85. The van der Waals surface area contributed by atoms with Crippen molar-refractivity contribution in [2.75, 3.05) is 6.54 Å². The Hall–Kier alpha value is -0.860. The third kappa shape index (κ3) is 0.963. The lowest BCUT2D eigenvalue weighted by atomic mass is 9.43. The monoisotopic (exact) mass is 207 g/mol. The third-order valence-electron chi connectivity index (χ3n) is 4.87. The Morgan fingerprint density at radius 3 is 2.80 bits per heavy atom. The van der Waals surface area contributed by atoms with Gasteiger partial charge >= 0.3 is 5.97 Å². The van der Waals surface area contributed by atoms with Crippen LogP contribution in [0.4, 0.5) is 0 Å². The maximum Gasteiger partial charge on any atom is 0.328 e. The average Bonchev–Trinajstić information content (AvgIpc) is 2.14. The highest BCUT2D eigenvalue weighted by Crippen LogP contribution is 2.63. The molecule has 3 fully saturated rings. The van der Waals surface area contributed by atoms with Gasteiger partial charge in [0.05, 0.1) is 5.71 Å². The second kappa shape index (κ2) is 2.45. The van der Waals surface area contributed by atoms with Gasteiger partial charge in [0, 0.05) is 5.92 Å². The van der Waals surface area contributed by atoms with Crippen molar-refractivity contribution in [1.29, 1.82) is 0 Å². The molecular formula is C12H17NO2. The smallest absolute Gasteiger partial charge is 0.328 e. The molecule has 0 aromatic carbocycles. The lowest BCUT2D eigenvalue weighted by Crippen LogP contribution is -2.67. The minimum Gasteiger partial charge on any atom is -0.452 e. The first-order valence-electron chi connectivity index (χ1n) is 5.70. The van der Waals surface area contributed by atoms with Gasteiger partial charge in [-0.3, -0.25) is 9.79 Å². The number of hydrogen-bond acceptors (Lipinski definition) is 3. The zero-order chi connectivity index (χ0) is 10.8. The summed E-state index contributed by atoms with van der Waals surface area (Å²) >= 11 is 0. The molecule has 1 heterocycles. The Morgan fingerprint density at radius 2 is 2.13 bits per heavy atom. The van der Waals surface area contributed by atoms with E-state index < -0.39 is 5.60 Å². The molecule has 0 radical (unpaired) electrons. The summed E-state index contributed by atoms with van der Waals surface area (Å²) in [4.78, 5) is 15.8. The fraction of sp³-hybridized carbons (Fsp3) is 0.833. The quantitative estimate of drug-likeness (QED) is 0.568. The van der Waals surface area contributed by atoms with Crippen molar-refractivity contribution in [1.82, 2.24) is 0 Å². The lowest BCUT2D eigenvalue weighted by Gasteiger charge is -2.64. The Balaban J connectivity index is 2.03. The van der Waals surface area contributed by atoms with E-state index in [2.05, 4.69) is 18.8 Å². The van der Waals surface area contributed by atoms with Gasteiger partial charge in [-0.1, -0.05) is 13.8 Å². The number of rotatable bonds is 0. The first-order chi connectivity index (χ1) is 6.94. The molecule has 0 unspecified atom stereocenters. The number of esters is 1. The molecule has 15 heavy (non-hydrogen) atoms. The molecule has 3 aliphatic carbocycles. The van der Waals surface area contributed by atoms with Crippen LogP contribution in [0, 0.1) is 17.3 Å². The number of aliphatic imine (C=N–C) groups is 1. The van der Waals surface area contributed by atoms with Crippen molar-refractivity contribution in [3.05, 3.63) is 0 Å². The zero-order valence-electron chi connectivity index (χ0n) is 9.54. The second-order valence-corrected chi connectivity index (χ2v) is 5.85. The molecule has 82 valence electrons. The van der Waals surface area contributed by atoms with Crippen LogP contribution in [-0.4, -0.2) is 23.8 Å². The molecule has 4 aliphatic rings. The van der Waals surface area contributed by atoms with E-state index in [0.717, 1.165) is 18.1 Å². The number of nitrogens with zero attached hydrogens (tertiary/aromatic N) is 1. The molecule has 0 aromatic rings. The minimum absolute atomic E-state index is 0.164. The second-order valence-electron chi connectivity index (χ2n) is 5.85. The number of carbonyl (C=O) groups is 1. The van der Waals surface area contributed by atoms with Crippen LogP contribution in [0.2, 0.25) is 0 Å². The van der Waals surface area contributed by atoms with Gasteiger partial charge in [0.25, 0.3) is 0 Å². The molecular weight excluding hydrogens is 190 g/mol. The molecule has 3 heteroatoms. The van der Waals surface area contributed by atoms with Crippen LogP contribution in [0.25, 0.3) is 0 Å². The zero-order valence-corrected chi connectivity index (χ0v) is 9.54. The summed E-state index contributed by atoms with van der Waals surface area (Å²) in [5.41, 5.74) is 1.04. The van der Waals surface area contributed by atoms with Gasteiger partial charge in [-0.2, -0.15) is 0 Å². The average molecular weight is 207 g/mol. The standard InChI is InChI=1S/C12H17NO2/c1-11(2)7-4-8(11)12(3)9(5-7)13-6-10(14)15-12/h7-8H,4-6H2,1-3H3/t7-,8-,12-/m0/s1. The normalized spacial score (nSPS) is 46.1. The fourth-order valence-electron chi connectivity index (χ4n) is 3.71. The maximum atomic E-state index is 11.4. The predicted molar refractivity (Wildman–Crippen MR) is 56.8 cm³/mol. The molecule has 3 atom stereocenters. The van der Waals surface area contributed by atoms with Crippen molar-refractivity contribution in [3.63, 3.8) is 0 Å². The van der Waals surface area contributed by atoms with E-state index in [1.165, 1.54) is 6.42 Å². The van der Waals surface area contributed by atoms with Crippen LogP contribution in [0.3, 0.4) is 0 Å². The van der Waals surface area contributed by atoms with Crippen molar-refractivity contribution >= 4 is 11.7 Å². The minimum atomic E-state index is -0.395. The molecule has 1 aliphatic heterocycles. The summed E-state index contributed by atoms with van der Waals surface area (Å²) in [5.74, 6) is 1.04. The Morgan fingerprint density at radius 1 is 1.40 bits per heavy atom. The number of carbonyl (C=O) groups excluding carboxylic acids is 1. The lowest BCUT2D eigenvalue weighted by molar-refractivity contribution is -0.184. The first kappa shape index (κ1) is 9.37. The molecule has 4 rings (SSSR count). The molecule has 0 saturated heterocycles. The Kier molecular flexibility index (Phi) is 1.53. The number of hydrogen-bond donors (Lipinski definition) is 0. The van der Waals surface area contributed by atoms with Gasteiger partial charge in [-0.15, -0.1) is 0 Å². The SMILES string of the molecule is CC1(C)[C@@H]2CC3=NCC(=O)O[C@@]3(C)[C@H]1C2. The summed E-state index contributed by atoms with van der Waals surface area (Å²) in [6, 6.07) is 0. The Labute approximate surface area is 89.9 Å². The van der Waals surface area contributed by atoms with E-state index in [4.69, 9.17) is 4.74 Å². The van der Waals surface area contributed by atoms with Crippen molar-refractivity contribution in [2.24, 2.45) is 22.2 Å². The van der Waals surface area contributed by atoms with E-state index in [9.17, 15) is 4.79 Å². The van der Waals surface area contributed by atoms with Gasteiger partial charge in [0.15, 0.2) is 5.60 Å². The highest BCUT2D eigenvalue weighted by atomic mass is 16.6. The molecule has 0 N–H and O–H groups in total. The van der Waals surface area contributed by atoms with E-state index in [-0.39, 0.29) is 12.5 Å². The summed E-state index contributed by atoms with van der Waals surface area (Å²) in [7, 11) is 0. The molecule has 0 spiro atoms. The van der Waals surface area contributed by atoms with Crippen molar-refractivity contribution in [2.45, 2.75) is 39.2 Å². The van der Waals surface area contributed by atoms with Gasteiger partial charge < -0.3 is 4.74 Å². The van der Waals surface area contributed by atoms with Crippen LogP contribution >= 0.6 is 0 Å².